The van der Waals surface area contributed by atoms with E-state index in [1.165, 1.54) is 6.39 Å². The molecule has 200 valence electrons. The molecule has 5 rings (SSSR count). The maximum absolute atomic E-state index is 13.0. The van der Waals surface area contributed by atoms with E-state index in [1.807, 2.05) is 49.4 Å². The zero-order valence-corrected chi connectivity index (χ0v) is 22.1. The van der Waals surface area contributed by atoms with Crippen molar-refractivity contribution in [1.82, 2.24) is 14.9 Å². The quantitative estimate of drug-likeness (QED) is 0.319. The molecule has 0 unspecified atom stereocenters. The van der Waals surface area contributed by atoms with Crippen LogP contribution in [-0.2, 0) is 9.53 Å². The number of rotatable bonds is 9. The van der Waals surface area contributed by atoms with Crippen LogP contribution in [0.1, 0.15) is 6.92 Å². The van der Waals surface area contributed by atoms with Crippen LogP contribution < -0.4 is 15.0 Å². The van der Waals surface area contributed by atoms with Gasteiger partial charge in [-0.3, -0.25) is 9.69 Å². The molecular weight excluding hydrogens is 510 g/mol. The molecule has 1 aliphatic heterocycles. The second-order valence-electron chi connectivity index (χ2n) is 8.52. The zero-order valence-electron chi connectivity index (χ0n) is 21.3. The molecule has 10 nitrogen and oxygen atoms in total. The van der Waals surface area contributed by atoms with Gasteiger partial charge in [-0.05, 0) is 31.2 Å². The van der Waals surface area contributed by atoms with Gasteiger partial charge in [0.05, 0.1) is 50.0 Å². The Bertz CT molecular complexity index is 1340. The number of hydrogen-bond acceptors (Lipinski definition) is 9. The van der Waals surface area contributed by atoms with E-state index < -0.39 is 0 Å². The first-order chi connectivity index (χ1) is 18.1. The van der Waals surface area contributed by atoms with Crippen LogP contribution in [0.4, 0.5) is 17.4 Å². The molecule has 0 radical (unpaired) electrons. The summed E-state index contributed by atoms with van der Waals surface area (Å²) in [5, 5.41) is 3.19. The number of hydrogen-bond donors (Lipinski definition) is 1. The van der Waals surface area contributed by atoms with Crippen molar-refractivity contribution in [2.24, 2.45) is 0 Å². The maximum Gasteiger partial charge on any atom is 0.299 e. The lowest BCUT2D eigenvalue weighted by molar-refractivity contribution is -0.120. The van der Waals surface area contributed by atoms with Crippen LogP contribution in [-0.4, -0.2) is 67.3 Å². The first-order valence-electron chi connectivity index (χ1n) is 12.2. The molecule has 1 aliphatic rings. The number of halogens is 1. The largest absolute Gasteiger partial charge is 0.493 e. The van der Waals surface area contributed by atoms with Gasteiger partial charge < -0.3 is 28.5 Å². The Balaban J connectivity index is 0.00000336. The molecule has 0 aliphatic carbocycles. The lowest BCUT2D eigenvalue weighted by atomic mass is 10.1. The molecule has 0 bridgehead atoms. The third kappa shape index (κ3) is 6.16. The summed E-state index contributed by atoms with van der Waals surface area (Å²) in [7, 11) is 1.78. The summed E-state index contributed by atoms with van der Waals surface area (Å²) in [6.45, 7) is 5.56. The number of nitrogens with one attached hydrogen (secondary N) is 1. The van der Waals surface area contributed by atoms with E-state index in [0.717, 1.165) is 35.6 Å². The van der Waals surface area contributed by atoms with Crippen molar-refractivity contribution in [3.8, 4) is 28.4 Å². The number of nitrogens with zero attached hydrogens (tertiary/aromatic N) is 4. The summed E-state index contributed by atoms with van der Waals surface area (Å²) in [6, 6.07) is 13.6. The molecule has 0 atom stereocenters. The summed E-state index contributed by atoms with van der Waals surface area (Å²) in [5.74, 6) is 1.83. The van der Waals surface area contributed by atoms with E-state index in [1.54, 1.807) is 24.3 Å². The highest BCUT2D eigenvalue weighted by atomic mass is 35.5. The Morgan fingerprint density at radius 3 is 2.68 bits per heavy atom. The minimum absolute atomic E-state index is 0. The molecular formula is C27H30ClN5O5. The van der Waals surface area contributed by atoms with Gasteiger partial charge in [0.2, 0.25) is 5.91 Å². The lowest BCUT2D eigenvalue weighted by Crippen LogP contribution is -2.43. The molecule has 2 aromatic carbocycles. The van der Waals surface area contributed by atoms with E-state index in [9.17, 15) is 4.79 Å². The SMILES string of the molecule is CCOc1cc(Nc2ncc(-c3ccccc3N(C)C(=O)CN3CCOCC3)o2)ccc1-c1cnco1.Cl. The second kappa shape index (κ2) is 12.6. The molecule has 3 heterocycles. The third-order valence-electron chi connectivity index (χ3n) is 6.10. The van der Waals surface area contributed by atoms with Crippen molar-refractivity contribution in [3.63, 3.8) is 0 Å². The average Bonchev–Trinajstić information content (AvgIpc) is 3.62. The fraction of sp³-hybridized carbons (Fsp3) is 0.296. The third-order valence-corrected chi connectivity index (χ3v) is 6.10. The van der Waals surface area contributed by atoms with Gasteiger partial charge in [0.15, 0.2) is 17.9 Å². The number of benzene rings is 2. The molecule has 11 heteroatoms. The minimum atomic E-state index is 0. The van der Waals surface area contributed by atoms with Crippen LogP contribution in [0.3, 0.4) is 0 Å². The number of para-hydroxylation sites is 1. The number of oxazole rings is 2. The van der Waals surface area contributed by atoms with Gasteiger partial charge in [0.25, 0.3) is 6.01 Å². The van der Waals surface area contributed by atoms with Gasteiger partial charge in [-0.15, -0.1) is 12.4 Å². The fourth-order valence-corrected chi connectivity index (χ4v) is 4.17. The van der Waals surface area contributed by atoms with Crippen LogP contribution in [0.25, 0.3) is 22.6 Å². The highest BCUT2D eigenvalue weighted by Crippen LogP contribution is 2.35. The molecule has 0 saturated carbocycles. The number of carbonyl (C=O) groups excluding carboxylic acids is 1. The van der Waals surface area contributed by atoms with Gasteiger partial charge >= 0.3 is 0 Å². The van der Waals surface area contributed by atoms with Crippen molar-refractivity contribution in [2.75, 3.05) is 56.7 Å². The normalized spacial score (nSPS) is 13.5. The highest BCUT2D eigenvalue weighted by molar-refractivity contribution is 5.98. The minimum Gasteiger partial charge on any atom is -0.493 e. The van der Waals surface area contributed by atoms with Gasteiger partial charge in [-0.2, -0.15) is 0 Å². The van der Waals surface area contributed by atoms with E-state index >= 15 is 0 Å². The summed E-state index contributed by atoms with van der Waals surface area (Å²) in [6.07, 6.45) is 4.68. The summed E-state index contributed by atoms with van der Waals surface area (Å²) in [5.41, 5.74) is 3.07. The fourth-order valence-electron chi connectivity index (χ4n) is 4.17. The molecule has 1 N–H and O–H groups in total. The molecule has 38 heavy (non-hydrogen) atoms. The lowest BCUT2D eigenvalue weighted by Gasteiger charge is -2.28. The van der Waals surface area contributed by atoms with Crippen molar-refractivity contribution in [1.29, 1.82) is 0 Å². The summed E-state index contributed by atoms with van der Waals surface area (Å²) < 4.78 is 22.7. The van der Waals surface area contributed by atoms with Crippen LogP contribution in [0.15, 0.2) is 70.1 Å². The smallest absolute Gasteiger partial charge is 0.299 e. The van der Waals surface area contributed by atoms with E-state index in [0.29, 0.717) is 49.7 Å². The number of ether oxygens (including phenoxy) is 2. The molecule has 4 aromatic rings. The Labute approximate surface area is 227 Å². The first kappa shape index (κ1) is 27.2. The van der Waals surface area contributed by atoms with Crippen LogP contribution in [0.2, 0.25) is 0 Å². The predicted octanol–water partition coefficient (Wildman–Crippen LogP) is 4.86. The number of aromatic nitrogens is 2. The Kier molecular flexibility index (Phi) is 9.01. The van der Waals surface area contributed by atoms with Crippen molar-refractivity contribution >= 4 is 35.7 Å². The van der Waals surface area contributed by atoms with Gasteiger partial charge in [-0.1, -0.05) is 12.1 Å². The number of likely N-dealkylation sites (N-methyl/N-ethyl adjacent to an activating group) is 1. The number of amides is 1. The highest BCUT2D eigenvalue weighted by Gasteiger charge is 2.21. The van der Waals surface area contributed by atoms with Gasteiger partial charge in [0, 0.05) is 37.5 Å². The Hall–Kier alpha value is -3.86. The van der Waals surface area contributed by atoms with Gasteiger partial charge in [-0.25, -0.2) is 9.97 Å². The monoisotopic (exact) mass is 539 g/mol. The first-order valence-corrected chi connectivity index (χ1v) is 12.2. The van der Waals surface area contributed by atoms with Gasteiger partial charge in [0.1, 0.15) is 5.75 Å². The van der Waals surface area contributed by atoms with E-state index in [-0.39, 0.29) is 18.3 Å². The maximum atomic E-state index is 13.0. The molecule has 0 spiro atoms. The van der Waals surface area contributed by atoms with E-state index in [4.69, 9.17) is 18.3 Å². The number of anilines is 3. The molecule has 1 saturated heterocycles. The topological polar surface area (TPSA) is 106 Å². The zero-order chi connectivity index (χ0) is 25.6. The van der Waals surface area contributed by atoms with Crippen molar-refractivity contribution < 1.29 is 23.1 Å². The van der Waals surface area contributed by atoms with Crippen LogP contribution in [0, 0.1) is 0 Å². The number of carbonyl (C=O) groups is 1. The standard InChI is InChI=1S/C27H29N5O5.ClH/c1-3-35-23-14-19(8-9-21(23)24-15-28-18-36-24)30-27-29-16-25(37-27)20-6-4-5-7-22(20)31(2)26(33)17-32-10-12-34-13-11-32;/h4-9,14-16,18H,3,10-13,17H2,1-2H3,(H,29,30);1H. The number of morpholine rings is 1. The second-order valence-corrected chi connectivity index (χ2v) is 8.52. The van der Waals surface area contributed by atoms with Crippen LogP contribution in [0.5, 0.6) is 5.75 Å². The summed E-state index contributed by atoms with van der Waals surface area (Å²) in [4.78, 5) is 25.2. The Morgan fingerprint density at radius 1 is 1.11 bits per heavy atom. The van der Waals surface area contributed by atoms with E-state index in [2.05, 4.69) is 20.2 Å². The van der Waals surface area contributed by atoms with Crippen LogP contribution >= 0.6 is 12.4 Å². The molecule has 1 fully saturated rings. The molecule has 2 aromatic heterocycles. The average molecular weight is 540 g/mol. The molecule has 1 amide bonds. The predicted molar refractivity (Wildman–Crippen MR) is 146 cm³/mol. The Morgan fingerprint density at radius 2 is 1.92 bits per heavy atom. The summed E-state index contributed by atoms with van der Waals surface area (Å²) >= 11 is 0. The van der Waals surface area contributed by atoms with Crippen molar-refractivity contribution in [3.05, 3.63) is 61.3 Å². The van der Waals surface area contributed by atoms with Crippen molar-refractivity contribution in [2.45, 2.75) is 6.92 Å².